The first-order valence-electron chi connectivity index (χ1n) is 7.79. The first-order valence-corrected chi connectivity index (χ1v) is 9.88. The smallest absolute Gasteiger partial charge is 0.203 e. The number of hydrogen-bond donors (Lipinski definition) is 1. The molecule has 0 radical (unpaired) electrons. The number of halogens is 1. The Balaban J connectivity index is 1.70. The van der Waals surface area contributed by atoms with Gasteiger partial charge < -0.3 is 10.3 Å². The van der Waals surface area contributed by atoms with E-state index < -0.39 is 17.0 Å². The van der Waals surface area contributed by atoms with Crippen molar-refractivity contribution in [3.8, 4) is 21.8 Å². The van der Waals surface area contributed by atoms with Crippen LogP contribution in [0.3, 0.4) is 0 Å². The van der Waals surface area contributed by atoms with Gasteiger partial charge in [-0.15, -0.1) is 11.3 Å². The van der Waals surface area contributed by atoms with Gasteiger partial charge in [0.15, 0.2) is 5.76 Å². The lowest BCUT2D eigenvalue weighted by atomic mass is 10.1. The number of rotatable bonds is 3. The molecule has 0 bridgehead atoms. The molecule has 1 aromatic carbocycles. The highest BCUT2D eigenvalue weighted by atomic mass is 32.2. The molecule has 3 heterocycles. The van der Waals surface area contributed by atoms with Crippen molar-refractivity contribution in [1.82, 2.24) is 9.46 Å². The summed E-state index contributed by atoms with van der Waals surface area (Å²) in [7, 11) is 0.293. The molecule has 6 nitrogen and oxygen atoms in total. The molecule has 0 amide bonds. The standard InChI is InChI=1S/C17H15FN4O2S2/c1-22-17(19)21-13(9-26(22)23)16-12(18)8-15(25-16)11-4-2-3-10(7-11)14-5-6-20-24-14/h2-8,13H,9H2,1H3,(H2,19,21). The zero-order valence-corrected chi connectivity index (χ0v) is 15.4. The zero-order valence-electron chi connectivity index (χ0n) is 13.8. The Hall–Kier alpha value is -2.52. The van der Waals surface area contributed by atoms with Crippen LogP contribution in [0.2, 0.25) is 0 Å². The molecule has 134 valence electrons. The van der Waals surface area contributed by atoms with E-state index in [1.54, 1.807) is 19.3 Å². The maximum Gasteiger partial charge on any atom is 0.203 e. The van der Waals surface area contributed by atoms with E-state index in [0.717, 1.165) is 16.0 Å². The monoisotopic (exact) mass is 390 g/mol. The van der Waals surface area contributed by atoms with Gasteiger partial charge in [0, 0.05) is 23.6 Å². The van der Waals surface area contributed by atoms with E-state index in [9.17, 15) is 8.60 Å². The summed E-state index contributed by atoms with van der Waals surface area (Å²) in [6, 6.07) is 10.3. The summed E-state index contributed by atoms with van der Waals surface area (Å²) in [5.41, 5.74) is 7.51. The Morgan fingerprint density at radius 1 is 1.35 bits per heavy atom. The van der Waals surface area contributed by atoms with E-state index in [2.05, 4.69) is 10.1 Å². The van der Waals surface area contributed by atoms with Crippen molar-refractivity contribution in [3.63, 3.8) is 0 Å². The minimum atomic E-state index is -1.31. The van der Waals surface area contributed by atoms with Crippen LogP contribution in [0.4, 0.5) is 4.39 Å². The molecule has 1 aliphatic rings. The summed E-state index contributed by atoms with van der Waals surface area (Å²) in [5.74, 6) is 0.651. The summed E-state index contributed by atoms with van der Waals surface area (Å²) < 4.78 is 33.2. The second-order valence-electron chi connectivity index (χ2n) is 5.77. The van der Waals surface area contributed by atoms with Crippen LogP contribution in [-0.2, 0) is 11.0 Å². The van der Waals surface area contributed by atoms with Crippen molar-refractivity contribution < 1.29 is 13.1 Å². The van der Waals surface area contributed by atoms with Crippen molar-refractivity contribution in [2.24, 2.45) is 10.7 Å². The molecule has 26 heavy (non-hydrogen) atoms. The number of nitrogens with two attached hydrogens (primary N) is 1. The second kappa shape index (κ2) is 6.65. The number of nitrogens with zero attached hydrogens (tertiary/aromatic N) is 3. The molecular weight excluding hydrogens is 375 g/mol. The van der Waals surface area contributed by atoms with Gasteiger partial charge in [-0.2, -0.15) is 0 Å². The average Bonchev–Trinajstić information content (AvgIpc) is 3.29. The van der Waals surface area contributed by atoms with Crippen molar-refractivity contribution in [2.45, 2.75) is 6.04 Å². The summed E-state index contributed by atoms with van der Waals surface area (Å²) in [6.07, 6.45) is 1.58. The number of aromatic nitrogens is 1. The SMILES string of the molecule is CN1C(N)=NC(c2sc(-c3cccc(-c4ccno4)c3)cc2F)CS1=O. The molecule has 0 aliphatic carbocycles. The highest BCUT2D eigenvalue weighted by molar-refractivity contribution is 7.83. The summed E-state index contributed by atoms with van der Waals surface area (Å²) >= 11 is 1.29. The Bertz CT molecular complexity index is 1000. The minimum absolute atomic E-state index is 0.154. The van der Waals surface area contributed by atoms with Crippen molar-refractivity contribution in [2.75, 3.05) is 12.8 Å². The molecule has 2 N–H and O–H groups in total. The normalized spacial score (nSPS) is 20.2. The van der Waals surface area contributed by atoms with Gasteiger partial charge in [-0.3, -0.25) is 4.31 Å². The number of aliphatic imine (C=N–C) groups is 1. The Morgan fingerprint density at radius 3 is 2.88 bits per heavy atom. The fourth-order valence-corrected chi connectivity index (χ4v) is 4.88. The molecule has 2 unspecified atom stereocenters. The first kappa shape index (κ1) is 16.9. The molecule has 2 aromatic heterocycles. The molecule has 0 fully saturated rings. The fraction of sp³-hybridized carbons (Fsp3) is 0.176. The highest BCUT2D eigenvalue weighted by Crippen LogP contribution is 2.38. The average molecular weight is 390 g/mol. The first-order chi connectivity index (χ1) is 12.5. The summed E-state index contributed by atoms with van der Waals surface area (Å²) in [6.45, 7) is 0. The summed E-state index contributed by atoms with van der Waals surface area (Å²) in [5, 5.41) is 3.71. The maximum absolute atomic E-state index is 14.6. The minimum Gasteiger partial charge on any atom is -0.369 e. The second-order valence-corrected chi connectivity index (χ2v) is 8.38. The van der Waals surface area contributed by atoms with Gasteiger partial charge in [0.2, 0.25) is 5.96 Å². The summed E-state index contributed by atoms with van der Waals surface area (Å²) in [4.78, 5) is 5.49. The predicted octanol–water partition coefficient (Wildman–Crippen LogP) is 3.17. The van der Waals surface area contributed by atoms with Crippen LogP contribution in [0, 0.1) is 5.82 Å². The molecule has 0 saturated heterocycles. The molecular formula is C17H15FN4O2S2. The van der Waals surface area contributed by atoms with Gasteiger partial charge in [-0.25, -0.2) is 13.6 Å². The Morgan fingerprint density at radius 2 is 2.15 bits per heavy atom. The number of benzene rings is 1. The van der Waals surface area contributed by atoms with E-state index in [0.29, 0.717) is 10.6 Å². The Kier molecular flexibility index (Phi) is 4.33. The quantitative estimate of drug-likeness (QED) is 0.744. The van der Waals surface area contributed by atoms with E-state index in [1.807, 2.05) is 24.3 Å². The van der Waals surface area contributed by atoms with Crippen LogP contribution < -0.4 is 5.73 Å². The molecule has 1 aliphatic heterocycles. The lowest BCUT2D eigenvalue weighted by molar-refractivity contribution is 0.432. The van der Waals surface area contributed by atoms with Crippen molar-refractivity contribution >= 4 is 28.3 Å². The van der Waals surface area contributed by atoms with Gasteiger partial charge in [0.25, 0.3) is 0 Å². The van der Waals surface area contributed by atoms with Crippen molar-refractivity contribution in [3.05, 3.63) is 53.3 Å². The van der Waals surface area contributed by atoms with Crippen LogP contribution in [0.25, 0.3) is 21.8 Å². The van der Waals surface area contributed by atoms with Gasteiger partial charge in [-0.05, 0) is 17.7 Å². The van der Waals surface area contributed by atoms with E-state index in [-0.39, 0.29) is 17.5 Å². The third kappa shape index (κ3) is 3.04. The Labute approximate surface area is 155 Å². The number of hydrogen-bond acceptors (Lipinski definition) is 6. The molecule has 0 saturated carbocycles. The van der Waals surface area contributed by atoms with Crippen LogP contribution in [0.15, 0.2) is 52.1 Å². The number of guanidine groups is 1. The van der Waals surface area contributed by atoms with Crippen molar-refractivity contribution in [1.29, 1.82) is 0 Å². The van der Waals surface area contributed by atoms with Crippen LogP contribution in [0.5, 0.6) is 0 Å². The lowest BCUT2D eigenvalue weighted by Gasteiger charge is -2.25. The molecule has 9 heteroatoms. The van der Waals surface area contributed by atoms with Gasteiger partial charge >= 0.3 is 0 Å². The predicted molar refractivity (Wildman–Crippen MR) is 100 cm³/mol. The van der Waals surface area contributed by atoms with Gasteiger partial charge in [0.05, 0.1) is 16.8 Å². The molecule has 0 spiro atoms. The maximum atomic E-state index is 14.6. The van der Waals surface area contributed by atoms with E-state index in [4.69, 9.17) is 10.3 Å². The zero-order chi connectivity index (χ0) is 18.3. The molecule has 4 rings (SSSR count). The largest absolute Gasteiger partial charge is 0.369 e. The molecule has 3 aromatic rings. The highest BCUT2D eigenvalue weighted by Gasteiger charge is 2.28. The van der Waals surface area contributed by atoms with Gasteiger partial charge in [0.1, 0.15) is 22.8 Å². The number of thiophene rings is 1. The fourth-order valence-electron chi connectivity index (χ4n) is 2.71. The molecule has 2 atom stereocenters. The van der Waals surface area contributed by atoms with Crippen LogP contribution in [0.1, 0.15) is 10.9 Å². The third-order valence-corrected chi connectivity index (χ3v) is 6.76. The van der Waals surface area contributed by atoms with E-state index in [1.165, 1.54) is 21.7 Å². The van der Waals surface area contributed by atoms with E-state index >= 15 is 0 Å². The van der Waals surface area contributed by atoms with Crippen LogP contribution >= 0.6 is 11.3 Å². The van der Waals surface area contributed by atoms with Crippen LogP contribution in [-0.4, -0.2) is 32.4 Å². The van der Waals surface area contributed by atoms with Gasteiger partial charge in [-0.1, -0.05) is 23.4 Å². The third-order valence-electron chi connectivity index (χ3n) is 4.10. The topological polar surface area (TPSA) is 84.7 Å². The lowest BCUT2D eigenvalue weighted by Crippen LogP contribution is -2.41.